The van der Waals surface area contributed by atoms with Gasteiger partial charge < -0.3 is 18.7 Å². The zero-order chi connectivity index (χ0) is 19.1. The van der Waals surface area contributed by atoms with Crippen molar-refractivity contribution in [3.8, 4) is 0 Å². The lowest BCUT2D eigenvalue weighted by Crippen LogP contribution is -2.50. The standard InChI is InChI=1S/C17H37FO4Si2/c1-16(2,3)23(7,8)20-11-12-14(13(18)15(19)21-12)22-24(9,10)17(4,5)6/h12-15,19H,11H2,1-10H3/t12-,13?,14?,15-/m1/s1. The lowest BCUT2D eigenvalue weighted by molar-refractivity contribution is -0.119. The van der Waals surface area contributed by atoms with Gasteiger partial charge in [0, 0.05) is 0 Å². The van der Waals surface area contributed by atoms with Crippen LogP contribution in [-0.4, -0.2) is 53.0 Å². The summed E-state index contributed by atoms with van der Waals surface area (Å²) in [5, 5.41) is 9.85. The molecule has 1 saturated heterocycles. The summed E-state index contributed by atoms with van der Waals surface area (Å²) < 4.78 is 32.3. The second-order valence-corrected chi connectivity index (χ2v) is 19.5. The van der Waals surface area contributed by atoms with Gasteiger partial charge in [-0.05, 0) is 36.3 Å². The molecule has 0 saturated carbocycles. The van der Waals surface area contributed by atoms with E-state index in [1.54, 1.807) is 0 Å². The van der Waals surface area contributed by atoms with Gasteiger partial charge in [0.05, 0.1) is 6.61 Å². The van der Waals surface area contributed by atoms with E-state index in [0.29, 0.717) is 0 Å². The van der Waals surface area contributed by atoms with Crippen LogP contribution in [-0.2, 0) is 13.6 Å². The molecule has 0 spiro atoms. The van der Waals surface area contributed by atoms with Crippen molar-refractivity contribution < 1.29 is 23.1 Å². The molecular weight excluding hydrogens is 343 g/mol. The van der Waals surface area contributed by atoms with E-state index in [9.17, 15) is 9.50 Å². The second-order valence-electron chi connectivity index (χ2n) is 9.92. The molecule has 0 aliphatic carbocycles. The number of hydrogen-bond donors (Lipinski definition) is 1. The Hall–Kier alpha value is 0.204. The van der Waals surface area contributed by atoms with Crippen LogP contribution in [0.2, 0.25) is 36.3 Å². The zero-order valence-corrected chi connectivity index (χ0v) is 19.1. The normalized spacial score (nSPS) is 30.0. The van der Waals surface area contributed by atoms with E-state index in [0.717, 1.165) is 0 Å². The molecule has 1 aliphatic rings. The Kier molecular flexibility index (Phi) is 6.56. The largest absolute Gasteiger partial charge is 0.414 e. The highest BCUT2D eigenvalue weighted by Crippen LogP contribution is 2.41. The topological polar surface area (TPSA) is 47.9 Å². The van der Waals surface area contributed by atoms with Crippen molar-refractivity contribution in [3.63, 3.8) is 0 Å². The fraction of sp³-hybridized carbons (Fsp3) is 1.00. The Morgan fingerprint density at radius 1 is 0.958 bits per heavy atom. The summed E-state index contributed by atoms with van der Waals surface area (Å²) in [7, 11) is -4.14. The van der Waals surface area contributed by atoms with E-state index in [1.807, 2.05) is 0 Å². The number of ether oxygens (including phenoxy) is 1. The van der Waals surface area contributed by atoms with Crippen LogP contribution < -0.4 is 0 Å². The molecular formula is C17H37FO4Si2. The molecule has 0 aromatic heterocycles. The molecule has 24 heavy (non-hydrogen) atoms. The maximum Gasteiger partial charge on any atom is 0.192 e. The first-order valence-corrected chi connectivity index (χ1v) is 14.6. The average molecular weight is 381 g/mol. The van der Waals surface area contributed by atoms with Crippen molar-refractivity contribution in [2.45, 2.75) is 102 Å². The Morgan fingerprint density at radius 3 is 1.83 bits per heavy atom. The summed E-state index contributed by atoms with van der Waals surface area (Å²) in [5.41, 5.74) is 0. The molecule has 0 aromatic carbocycles. The first-order valence-electron chi connectivity index (χ1n) is 8.79. The smallest absolute Gasteiger partial charge is 0.192 e. The quantitative estimate of drug-likeness (QED) is 0.716. The van der Waals surface area contributed by atoms with Gasteiger partial charge in [0.1, 0.15) is 12.2 Å². The maximum atomic E-state index is 14.5. The summed E-state index contributed by atoms with van der Waals surface area (Å²) in [6.07, 6.45) is -4.32. The molecule has 1 aliphatic heterocycles. The van der Waals surface area contributed by atoms with Gasteiger partial charge in [0.2, 0.25) is 0 Å². The van der Waals surface area contributed by atoms with Crippen molar-refractivity contribution in [2.24, 2.45) is 0 Å². The summed E-state index contributed by atoms with van der Waals surface area (Å²) >= 11 is 0. The van der Waals surface area contributed by atoms with E-state index in [1.165, 1.54) is 0 Å². The number of halogens is 1. The molecule has 0 radical (unpaired) electrons. The van der Waals surface area contributed by atoms with Crippen molar-refractivity contribution in [3.05, 3.63) is 0 Å². The molecule has 0 aromatic rings. The van der Waals surface area contributed by atoms with E-state index in [2.05, 4.69) is 67.7 Å². The molecule has 0 bridgehead atoms. The third-order valence-corrected chi connectivity index (χ3v) is 14.9. The van der Waals surface area contributed by atoms with Gasteiger partial charge in [-0.25, -0.2) is 4.39 Å². The van der Waals surface area contributed by atoms with Crippen LogP contribution in [0.1, 0.15) is 41.5 Å². The zero-order valence-electron chi connectivity index (χ0n) is 17.1. The predicted molar refractivity (Wildman–Crippen MR) is 101 cm³/mol. The minimum absolute atomic E-state index is 0.0366. The van der Waals surface area contributed by atoms with Crippen LogP contribution in [0, 0.1) is 0 Å². The molecule has 2 unspecified atom stereocenters. The second kappa shape index (κ2) is 7.08. The summed E-state index contributed by atoms with van der Waals surface area (Å²) in [5.74, 6) is 0. The number of hydrogen-bond acceptors (Lipinski definition) is 4. The number of rotatable bonds is 5. The molecule has 0 amide bonds. The number of alkyl halides is 1. The van der Waals surface area contributed by atoms with Crippen LogP contribution in [0.25, 0.3) is 0 Å². The van der Waals surface area contributed by atoms with Crippen LogP contribution in [0.15, 0.2) is 0 Å². The van der Waals surface area contributed by atoms with Crippen molar-refractivity contribution in [2.75, 3.05) is 6.61 Å². The minimum Gasteiger partial charge on any atom is -0.414 e. The summed E-state index contributed by atoms with van der Waals surface area (Å²) in [6.45, 7) is 21.5. The van der Waals surface area contributed by atoms with Gasteiger partial charge in [0.15, 0.2) is 29.1 Å². The summed E-state index contributed by atoms with van der Waals surface area (Å²) in [4.78, 5) is 0. The lowest BCUT2D eigenvalue weighted by Gasteiger charge is -2.40. The molecule has 1 heterocycles. The number of aliphatic hydroxyl groups excluding tert-OH is 1. The summed E-state index contributed by atoms with van der Waals surface area (Å²) in [6, 6.07) is 0. The average Bonchev–Trinajstić information content (AvgIpc) is 2.61. The van der Waals surface area contributed by atoms with Gasteiger partial charge in [0.25, 0.3) is 0 Å². The Bertz CT molecular complexity index is 429. The maximum absolute atomic E-state index is 14.5. The molecule has 4 atom stereocenters. The fourth-order valence-electron chi connectivity index (χ4n) is 2.00. The van der Waals surface area contributed by atoms with E-state index >= 15 is 0 Å². The van der Waals surface area contributed by atoms with Crippen molar-refractivity contribution in [1.29, 1.82) is 0 Å². The highest BCUT2D eigenvalue weighted by molar-refractivity contribution is 6.74. The first-order chi connectivity index (χ1) is 10.5. The minimum atomic E-state index is -2.17. The van der Waals surface area contributed by atoms with Crippen molar-refractivity contribution >= 4 is 16.6 Å². The number of aliphatic hydroxyl groups is 1. The van der Waals surface area contributed by atoms with Crippen molar-refractivity contribution in [1.82, 2.24) is 0 Å². The first kappa shape index (κ1) is 22.2. The third kappa shape index (κ3) is 4.89. The SMILES string of the molecule is CC(C)(C)[Si](C)(C)OC[C@H]1O[C@@H](O)C(F)C1O[Si](C)(C)C(C)(C)C. The molecule has 1 rings (SSSR count). The predicted octanol–water partition coefficient (Wildman–Crippen LogP) is 4.45. The monoisotopic (exact) mass is 380 g/mol. The van der Waals surface area contributed by atoms with Gasteiger partial charge in [-0.3, -0.25) is 0 Å². The van der Waals surface area contributed by atoms with Gasteiger partial charge in [-0.15, -0.1) is 0 Å². The fourth-order valence-corrected chi connectivity index (χ4v) is 4.33. The van der Waals surface area contributed by atoms with Gasteiger partial charge >= 0.3 is 0 Å². The Balaban J connectivity index is 2.86. The highest BCUT2D eigenvalue weighted by atomic mass is 28.4. The van der Waals surface area contributed by atoms with E-state index in [-0.39, 0.29) is 16.7 Å². The lowest BCUT2D eigenvalue weighted by atomic mass is 10.2. The Morgan fingerprint density at radius 2 is 1.42 bits per heavy atom. The molecule has 1 fully saturated rings. The van der Waals surface area contributed by atoms with E-state index in [4.69, 9.17) is 13.6 Å². The van der Waals surface area contributed by atoms with Crippen LogP contribution in [0.3, 0.4) is 0 Å². The Labute approximate surface area is 149 Å². The molecule has 1 N–H and O–H groups in total. The van der Waals surface area contributed by atoms with Gasteiger partial charge in [-0.1, -0.05) is 41.5 Å². The molecule has 7 heteroatoms. The van der Waals surface area contributed by atoms with Crippen LogP contribution in [0.5, 0.6) is 0 Å². The molecule has 144 valence electrons. The third-order valence-electron chi connectivity index (χ3n) is 5.92. The van der Waals surface area contributed by atoms with Crippen LogP contribution >= 0.6 is 0 Å². The molecule has 4 nitrogen and oxygen atoms in total. The van der Waals surface area contributed by atoms with Gasteiger partial charge in [-0.2, -0.15) is 0 Å². The van der Waals surface area contributed by atoms with Crippen LogP contribution in [0.4, 0.5) is 4.39 Å². The van der Waals surface area contributed by atoms with E-state index < -0.39 is 41.3 Å². The highest BCUT2D eigenvalue weighted by Gasteiger charge is 2.51.